The van der Waals surface area contributed by atoms with Gasteiger partial charge in [-0.05, 0) is 33.1 Å². The molecule has 8 nitrogen and oxygen atoms in total. The SMILES string of the molecule is CCNC(=NCC(C)(O)CN1CCOCC1)NCCCOC1CCOCC1. The second-order valence-corrected chi connectivity index (χ2v) is 7.54. The van der Waals surface area contributed by atoms with E-state index in [0.717, 1.165) is 84.4 Å². The largest absolute Gasteiger partial charge is 0.387 e. The Balaban J connectivity index is 1.65. The zero-order valence-electron chi connectivity index (χ0n) is 17.0. The maximum Gasteiger partial charge on any atom is 0.191 e. The topological polar surface area (TPSA) is 87.6 Å². The Hall–Kier alpha value is -0.930. The van der Waals surface area contributed by atoms with Crippen LogP contribution < -0.4 is 10.6 Å². The molecule has 0 aliphatic carbocycles. The van der Waals surface area contributed by atoms with Crippen molar-refractivity contribution in [1.82, 2.24) is 15.5 Å². The number of aliphatic imine (C=N–C) groups is 1. The van der Waals surface area contributed by atoms with Gasteiger partial charge in [-0.1, -0.05) is 0 Å². The first-order valence-corrected chi connectivity index (χ1v) is 10.3. The summed E-state index contributed by atoms with van der Waals surface area (Å²) in [5, 5.41) is 17.2. The minimum Gasteiger partial charge on any atom is -0.387 e. The average molecular weight is 387 g/mol. The summed E-state index contributed by atoms with van der Waals surface area (Å²) in [5.74, 6) is 0.741. The van der Waals surface area contributed by atoms with Crippen LogP contribution in [0.3, 0.4) is 0 Å². The first kappa shape index (κ1) is 22.4. The maximum atomic E-state index is 10.7. The molecule has 2 aliphatic rings. The predicted octanol–water partition coefficient (Wildman–Crippen LogP) is 0.210. The average Bonchev–Trinajstić information content (AvgIpc) is 2.67. The molecule has 158 valence electrons. The van der Waals surface area contributed by atoms with Gasteiger partial charge in [0, 0.05) is 52.5 Å². The van der Waals surface area contributed by atoms with Gasteiger partial charge in [-0.15, -0.1) is 0 Å². The third-order valence-corrected chi connectivity index (χ3v) is 4.73. The molecule has 0 spiro atoms. The predicted molar refractivity (Wildman–Crippen MR) is 106 cm³/mol. The molecule has 3 N–H and O–H groups in total. The van der Waals surface area contributed by atoms with Crippen LogP contribution in [0.5, 0.6) is 0 Å². The highest BCUT2D eigenvalue weighted by atomic mass is 16.5. The molecular weight excluding hydrogens is 348 g/mol. The van der Waals surface area contributed by atoms with Crippen molar-refractivity contribution in [2.45, 2.75) is 44.8 Å². The Kier molecular flexibility index (Phi) is 10.4. The monoisotopic (exact) mass is 386 g/mol. The summed E-state index contributed by atoms with van der Waals surface area (Å²) >= 11 is 0. The van der Waals surface area contributed by atoms with Gasteiger partial charge in [0.1, 0.15) is 0 Å². The molecule has 0 saturated carbocycles. The molecule has 0 amide bonds. The lowest BCUT2D eigenvalue weighted by atomic mass is 10.1. The molecule has 2 aliphatic heterocycles. The summed E-state index contributed by atoms with van der Waals surface area (Å²) in [5.41, 5.74) is -0.855. The smallest absolute Gasteiger partial charge is 0.191 e. The molecule has 2 rings (SSSR count). The van der Waals surface area contributed by atoms with Gasteiger partial charge in [-0.2, -0.15) is 0 Å². The maximum absolute atomic E-state index is 10.7. The van der Waals surface area contributed by atoms with Gasteiger partial charge in [0.15, 0.2) is 5.96 Å². The minimum absolute atomic E-state index is 0.343. The number of hydrogen-bond acceptors (Lipinski definition) is 6. The number of ether oxygens (including phenoxy) is 3. The highest BCUT2D eigenvalue weighted by molar-refractivity contribution is 5.79. The molecule has 27 heavy (non-hydrogen) atoms. The van der Waals surface area contributed by atoms with Crippen molar-refractivity contribution >= 4 is 5.96 Å². The molecule has 0 bridgehead atoms. The van der Waals surface area contributed by atoms with E-state index in [-0.39, 0.29) is 0 Å². The molecule has 2 saturated heterocycles. The molecule has 0 aromatic rings. The molecule has 2 heterocycles. The van der Waals surface area contributed by atoms with Crippen LogP contribution in [0.15, 0.2) is 4.99 Å². The van der Waals surface area contributed by atoms with Gasteiger partial charge < -0.3 is 30.0 Å². The van der Waals surface area contributed by atoms with E-state index in [2.05, 4.69) is 20.5 Å². The van der Waals surface area contributed by atoms with Crippen molar-refractivity contribution in [3.05, 3.63) is 0 Å². The molecular formula is C19H38N4O4. The third-order valence-electron chi connectivity index (χ3n) is 4.73. The summed E-state index contributed by atoms with van der Waals surface area (Å²) in [7, 11) is 0. The van der Waals surface area contributed by atoms with E-state index < -0.39 is 5.60 Å². The number of β-amino-alcohol motifs (C(OH)–C–C–N with tert-alkyl or cyclic N) is 1. The standard InChI is InChI=1S/C19H38N4O4/c1-3-20-18(21-7-4-10-27-17-5-11-25-12-6-17)22-15-19(2,24)16-23-8-13-26-14-9-23/h17,24H,3-16H2,1-2H3,(H2,20,21,22). The third kappa shape index (κ3) is 9.71. The summed E-state index contributed by atoms with van der Waals surface area (Å²) in [6.07, 6.45) is 3.26. The van der Waals surface area contributed by atoms with Gasteiger partial charge in [-0.25, -0.2) is 0 Å². The van der Waals surface area contributed by atoms with E-state index in [0.29, 0.717) is 19.2 Å². The highest BCUT2D eigenvalue weighted by Gasteiger charge is 2.25. The second kappa shape index (κ2) is 12.5. The lowest BCUT2D eigenvalue weighted by Gasteiger charge is -2.33. The lowest BCUT2D eigenvalue weighted by Crippen LogP contribution is -2.48. The minimum atomic E-state index is -0.855. The van der Waals surface area contributed by atoms with E-state index >= 15 is 0 Å². The first-order chi connectivity index (χ1) is 13.1. The number of rotatable bonds is 10. The van der Waals surface area contributed by atoms with Crippen molar-refractivity contribution in [1.29, 1.82) is 0 Å². The molecule has 0 aromatic carbocycles. The van der Waals surface area contributed by atoms with E-state index in [4.69, 9.17) is 14.2 Å². The number of hydrogen-bond donors (Lipinski definition) is 3. The fourth-order valence-corrected chi connectivity index (χ4v) is 3.25. The summed E-state index contributed by atoms with van der Waals surface area (Å²) in [6.45, 7) is 12.0. The van der Waals surface area contributed by atoms with Gasteiger partial charge in [0.05, 0.1) is 31.5 Å². The van der Waals surface area contributed by atoms with Gasteiger partial charge in [-0.3, -0.25) is 9.89 Å². The molecule has 8 heteroatoms. The Morgan fingerprint density at radius 2 is 1.89 bits per heavy atom. The Morgan fingerprint density at radius 3 is 2.59 bits per heavy atom. The number of guanidine groups is 1. The van der Waals surface area contributed by atoms with Crippen molar-refractivity contribution in [2.24, 2.45) is 4.99 Å². The van der Waals surface area contributed by atoms with E-state index in [9.17, 15) is 5.11 Å². The number of nitrogens with zero attached hydrogens (tertiary/aromatic N) is 2. The summed E-state index contributed by atoms with van der Waals surface area (Å²) < 4.78 is 16.6. The van der Waals surface area contributed by atoms with E-state index in [1.165, 1.54) is 0 Å². The van der Waals surface area contributed by atoms with Gasteiger partial charge in [0.2, 0.25) is 0 Å². The van der Waals surface area contributed by atoms with Crippen LogP contribution in [0.2, 0.25) is 0 Å². The fourth-order valence-electron chi connectivity index (χ4n) is 3.25. The molecule has 1 unspecified atom stereocenters. The number of aliphatic hydroxyl groups is 1. The molecule has 0 radical (unpaired) electrons. The normalized spacial score (nSPS) is 22.4. The Bertz CT molecular complexity index is 422. The number of morpholine rings is 1. The van der Waals surface area contributed by atoms with Gasteiger partial charge >= 0.3 is 0 Å². The van der Waals surface area contributed by atoms with Crippen molar-refractivity contribution in [3.63, 3.8) is 0 Å². The van der Waals surface area contributed by atoms with Crippen LogP contribution in [0.25, 0.3) is 0 Å². The number of nitrogens with one attached hydrogen (secondary N) is 2. The Morgan fingerprint density at radius 1 is 1.19 bits per heavy atom. The lowest BCUT2D eigenvalue weighted by molar-refractivity contribution is -0.0320. The van der Waals surface area contributed by atoms with Crippen molar-refractivity contribution < 1.29 is 19.3 Å². The molecule has 2 fully saturated rings. The van der Waals surface area contributed by atoms with Crippen molar-refractivity contribution in [3.8, 4) is 0 Å². The van der Waals surface area contributed by atoms with Crippen LogP contribution in [0.1, 0.15) is 33.1 Å². The van der Waals surface area contributed by atoms with E-state index in [1.807, 2.05) is 13.8 Å². The van der Waals surface area contributed by atoms with Crippen LogP contribution >= 0.6 is 0 Å². The zero-order chi connectivity index (χ0) is 19.4. The molecule has 1 atom stereocenters. The first-order valence-electron chi connectivity index (χ1n) is 10.3. The van der Waals surface area contributed by atoms with Gasteiger partial charge in [0.25, 0.3) is 0 Å². The quantitative estimate of drug-likeness (QED) is 0.281. The second-order valence-electron chi connectivity index (χ2n) is 7.54. The van der Waals surface area contributed by atoms with Crippen LogP contribution in [-0.4, -0.2) is 100.0 Å². The van der Waals surface area contributed by atoms with Crippen LogP contribution in [0, 0.1) is 0 Å². The van der Waals surface area contributed by atoms with Crippen molar-refractivity contribution in [2.75, 3.05) is 72.3 Å². The summed E-state index contributed by atoms with van der Waals surface area (Å²) in [4.78, 5) is 6.80. The Labute approximate surface area is 163 Å². The van der Waals surface area contributed by atoms with Crippen LogP contribution in [-0.2, 0) is 14.2 Å². The highest BCUT2D eigenvalue weighted by Crippen LogP contribution is 2.11. The molecule has 0 aromatic heterocycles. The van der Waals surface area contributed by atoms with Crippen LogP contribution in [0.4, 0.5) is 0 Å². The zero-order valence-corrected chi connectivity index (χ0v) is 17.0. The summed E-state index contributed by atoms with van der Waals surface area (Å²) in [6, 6.07) is 0. The van der Waals surface area contributed by atoms with E-state index in [1.54, 1.807) is 0 Å². The fraction of sp³-hybridized carbons (Fsp3) is 0.947.